The molecule has 2 aromatic carbocycles. The van der Waals surface area contributed by atoms with Gasteiger partial charge in [-0.3, -0.25) is 4.99 Å². The van der Waals surface area contributed by atoms with E-state index in [-0.39, 0.29) is 26.4 Å². The minimum absolute atomic E-state index is 0.157. The molecule has 2 rings (SSSR count). The van der Waals surface area contributed by atoms with Gasteiger partial charge < -0.3 is 18.9 Å². The van der Waals surface area contributed by atoms with Crippen LogP contribution in [0, 0.1) is 0 Å². The molecule has 0 amide bonds. The molecular formula is C23H23NO6. The van der Waals surface area contributed by atoms with Gasteiger partial charge in [0.25, 0.3) is 0 Å². The predicted molar refractivity (Wildman–Crippen MR) is 113 cm³/mol. The summed E-state index contributed by atoms with van der Waals surface area (Å²) in [6, 6.07) is 14.6. The lowest BCUT2D eigenvalue weighted by atomic mass is 10.2. The third-order valence-electron chi connectivity index (χ3n) is 3.61. The van der Waals surface area contributed by atoms with Gasteiger partial charge in [0.1, 0.15) is 37.9 Å². The largest absolute Gasteiger partial charge is 0.490 e. The van der Waals surface area contributed by atoms with E-state index in [0.717, 1.165) is 23.4 Å². The van der Waals surface area contributed by atoms with Crippen LogP contribution in [0.5, 0.6) is 11.5 Å². The quantitative estimate of drug-likeness (QED) is 0.230. The summed E-state index contributed by atoms with van der Waals surface area (Å²) >= 11 is 0. The second kappa shape index (κ2) is 12.6. The molecule has 0 aliphatic rings. The molecule has 0 aliphatic heterocycles. The topological polar surface area (TPSA) is 83.4 Å². The van der Waals surface area contributed by atoms with Crippen molar-refractivity contribution in [3.63, 3.8) is 0 Å². The van der Waals surface area contributed by atoms with Crippen molar-refractivity contribution in [1.29, 1.82) is 0 Å². The van der Waals surface area contributed by atoms with E-state index in [0.29, 0.717) is 11.5 Å². The van der Waals surface area contributed by atoms with Crippen LogP contribution in [0.1, 0.15) is 5.56 Å². The van der Waals surface area contributed by atoms with Gasteiger partial charge in [-0.15, -0.1) is 0 Å². The molecule has 30 heavy (non-hydrogen) atoms. The predicted octanol–water partition coefficient (Wildman–Crippen LogP) is 3.65. The van der Waals surface area contributed by atoms with Crippen LogP contribution in [0.2, 0.25) is 0 Å². The Balaban J connectivity index is 1.75. The molecule has 0 saturated heterocycles. The van der Waals surface area contributed by atoms with E-state index in [1.54, 1.807) is 18.3 Å². The highest BCUT2D eigenvalue weighted by atomic mass is 16.6. The number of nitrogens with zero attached hydrogens (tertiary/aromatic N) is 1. The highest BCUT2D eigenvalue weighted by Crippen LogP contribution is 2.18. The van der Waals surface area contributed by atoms with E-state index in [9.17, 15) is 9.59 Å². The van der Waals surface area contributed by atoms with Crippen molar-refractivity contribution < 1.29 is 28.5 Å². The van der Waals surface area contributed by atoms with Crippen LogP contribution in [-0.4, -0.2) is 44.6 Å². The Kier molecular flexibility index (Phi) is 9.39. The van der Waals surface area contributed by atoms with E-state index in [4.69, 9.17) is 18.9 Å². The highest BCUT2D eigenvalue weighted by molar-refractivity contribution is 5.82. The zero-order valence-corrected chi connectivity index (χ0v) is 16.5. The molecule has 0 bridgehead atoms. The van der Waals surface area contributed by atoms with Gasteiger partial charge in [-0.2, -0.15) is 0 Å². The summed E-state index contributed by atoms with van der Waals surface area (Å²) < 4.78 is 20.6. The van der Waals surface area contributed by atoms with Crippen molar-refractivity contribution in [2.75, 3.05) is 26.4 Å². The average molecular weight is 409 g/mol. The molecular weight excluding hydrogens is 386 g/mol. The molecule has 0 unspecified atom stereocenters. The fourth-order valence-electron chi connectivity index (χ4n) is 2.15. The summed E-state index contributed by atoms with van der Waals surface area (Å²) in [5, 5.41) is 0. The lowest BCUT2D eigenvalue weighted by Crippen LogP contribution is -2.10. The first-order valence-electron chi connectivity index (χ1n) is 9.19. The van der Waals surface area contributed by atoms with Crippen LogP contribution in [0.4, 0.5) is 5.69 Å². The number of hydrogen-bond acceptors (Lipinski definition) is 7. The Morgan fingerprint density at radius 1 is 0.733 bits per heavy atom. The Labute approximate surface area is 175 Å². The highest BCUT2D eigenvalue weighted by Gasteiger charge is 1.99. The fourth-order valence-corrected chi connectivity index (χ4v) is 2.15. The van der Waals surface area contributed by atoms with Crippen molar-refractivity contribution in [2.45, 2.75) is 0 Å². The van der Waals surface area contributed by atoms with Crippen LogP contribution in [0.3, 0.4) is 0 Å². The molecule has 2 aromatic rings. The summed E-state index contributed by atoms with van der Waals surface area (Å²) in [6.07, 6.45) is 3.95. The fraction of sp³-hybridized carbons (Fsp3) is 0.174. The molecule has 0 fully saturated rings. The minimum atomic E-state index is -0.475. The molecule has 0 spiro atoms. The first kappa shape index (κ1) is 22.4. The van der Waals surface area contributed by atoms with Crippen molar-refractivity contribution in [2.24, 2.45) is 4.99 Å². The third kappa shape index (κ3) is 8.43. The van der Waals surface area contributed by atoms with Crippen molar-refractivity contribution in [3.05, 3.63) is 79.4 Å². The number of carbonyl (C=O) groups is 2. The molecule has 0 aromatic heterocycles. The normalized spacial score (nSPS) is 10.3. The molecule has 0 radical (unpaired) electrons. The van der Waals surface area contributed by atoms with Gasteiger partial charge in [0.05, 0.1) is 5.69 Å². The van der Waals surface area contributed by atoms with Gasteiger partial charge in [-0.05, 0) is 54.1 Å². The van der Waals surface area contributed by atoms with Crippen LogP contribution < -0.4 is 9.47 Å². The zero-order chi connectivity index (χ0) is 21.6. The lowest BCUT2D eigenvalue weighted by Gasteiger charge is -2.06. The smallest absolute Gasteiger partial charge is 0.330 e. The molecule has 0 saturated carbocycles. The van der Waals surface area contributed by atoms with E-state index in [2.05, 4.69) is 18.2 Å². The maximum absolute atomic E-state index is 10.9. The van der Waals surface area contributed by atoms with Crippen LogP contribution in [-0.2, 0) is 19.1 Å². The van der Waals surface area contributed by atoms with E-state index in [1.165, 1.54) is 0 Å². The van der Waals surface area contributed by atoms with Gasteiger partial charge in [0.2, 0.25) is 0 Å². The molecule has 7 nitrogen and oxygen atoms in total. The number of aliphatic imine (C=N–C) groups is 1. The van der Waals surface area contributed by atoms with E-state index in [1.807, 2.05) is 36.4 Å². The first-order valence-corrected chi connectivity index (χ1v) is 9.19. The van der Waals surface area contributed by atoms with Crippen LogP contribution in [0.25, 0.3) is 0 Å². The van der Waals surface area contributed by atoms with Crippen LogP contribution >= 0.6 is 0 Å². The summed E-state index contributed by atoms with van der Waals surface area (Å²) in [5.41, 5.74) is 1.68. The third-order valence-corrected chi connectivity index (χ3v) is 3.61. The monoisotopic (exact) mass is 409 g/mol. The molecule has 0 aliphatic carbocycles. The van der Waals surface area contributed by atoms with Crippen molar-refractivity contribution >= 4 is 23.8 Å². The van der Waals surface area contributed by atoms with Gasteiger partial charge in [-0.1, -0.05) is 13.2 Å². The first-order chi connectivity index (χ1) is 14.6. The molecule has 0 heterocycles. The van der Waals surface area contributed by atoms with Gasteiger partial charge in [0.15, 0.2) is 0 Å². The van der Waals surface area contributed by atoms with Gasteiger partial charge >= 0.3 is 11.9 Å². The standard InChI is InChI=1S/C23H23NO6/c1-3-22(25)29-15-13-27-20-9-5-18(6-10-20)17-24-19-7-11-21(12-8-19)28-14-16-30-23(26)4-2/h3-12,17H,1-2,13-16H2. The SMILES string of the molecule is C=CC(=O)OCCOc1ccc(C=Nc2ccc(OCCOC(=O)C=C)cc2)cc1. The number of hydrogen-bond donors (Lipinski definition) is 0. The van der Waals surface area contributed by atoms with E-state index >= 15 is 0 Å². The van der Waals surface area contributed by atoms with Gasteiger partial charge in [0, 0.05) is 18.4 Å². The molecule has 0 N–H and O–H groups in total. The second-order valence-corrected chi connectivity index (χ2v) is 5.76. The van der Waals surface area contributed by atoms with Crippen molar-refractivity contribution in [1.82, 2.24) is 0 Å². The zero-order valence-electron chi connectivity index (χ0n) is 16.5. The molecule has 0 atom stereocenters. The number of ether oxygens (including phenoxy) is 4. The summed E-state index contributed by atoms with van der Waals surface area (Å²) in [4.78, 5) is 26.3. The molecule has 156 valence electrons. The molecule has 7 heteroatoms. The summed E-state index contributed by atoms with van der Waals surface area (Å²) in [5.74, 6) is 0.377. The van der Waals surface area contributed by atoms with Gasteiger partial charge in [-0.25, -0.2) is 9.59 Å². The number of benzene rings is 2. The van der Waals surface area contributed by atoms with Crippen LogP contribution in [0.15, 0.2) is 78.8 Å². The lowest BCUT2D eigenvalue weighted by molar-refractivity contribution is -0.139. The van der Waals surface area contributed by atoms with Crippen molar-refractivity contribution in [3.8, 4) is 11.5 Å². The Morgan fingerprint density at radius 2 is 1.20 bits per heavy atom. The Bertz CT molecular complexity index is 798. The minimum Gasteiger partial charge on any atom is -0.490 e. The Morgan fingerprint density at radius 3 is 1.67 bits per heavy atom. The maximum atomic E-state index is 10.9. The second-order valence-electron chi connectivity index (χ2n) is 5.76. The average Bonchev–Trinajstić information content (AvgIpc) is 2.79. The Hall–Kier alpha value is -3.87. The summed E-state index contributed by atoms with van der Waals surface area (Å²) in [7, 11) is 0. The number of carbonyl (C=O) groups excluding carboxylic acids is 2. The number of esters is 2. The summed E-state index contributed by atoms with van der Waals surface area (Å²) in [6.45, 7) is 7.48. The maximum Gasteiger partial charge on any atom is 0.330 e. The number of rotatable bonds is 12. The van der Waals surface area contributed by atoms with E-state index < -0.39 is 11.9 Å².